The molecule has 0 aliphatic rings. The fourth-order valence-electron chi connectivity index (χ4n) is 2.56. The van der Waals surface area contributed by atoms with E-state index in [1.807, 2.05) is 42.5 Å². The van der Waals surface area contributed by atoms with Crippen molar-refractivity contribution < 1.29 is 10.2 Å². The predicted molar refractivity (Wildman–Crippen MR) is 117 cm³/mol. The third-order valence-corrected chi connectivity index (χ3v) is 6.48. The minimum atomic E-state index is -0.0725. The number of aliphatic imine (C=N–C) groups is 1. The molecular weight excluding hydrogens is 492 g/mol. The summed E-state index contributed by atoms with van der Waals surface area (Å²) >= 11 is 8.13. The van der Waals surface area contributed by atoms with Crippen LogP contribution in [0.25, 0.3) is 20.8 Å². The molecule has 27 heavy (non-hydrogen) atoms. The number of hydrogen-bond donors (Lipinski definition) is 2. The number of rotatable bonds is 3. The molecule has 0 amide bonds. The van der Waals surface area contributed by atoms with Crippen LogP contribution in [-0.4, -0.2) is 21.4 Å². The van der Waals surface area contributed by atoms with E-state index in [0.29, 0.717) is 10.0 Å². The highest BCUT2D eigenvalue weighted by atomic mass is 79.9. The number of hydrogen-bond acceptors (Lipinski definition) is 5. The zero-order valence-electron chi connectivity index (χ0n) is 13.7. The number of thiazole rings is 1. The standard InChI is InChI=1S/C20H12Br2N2O2S/c21-14-9-16(25)18(22)19(26)13(14)10-23-12-7-5-11(6-8-12)20-24-15-3-1-2-4-17(15)27-20/h1-10,25-26H. The number of phenolic OH excluding ortho intramolecular Hbond substituents is 2. The minimum absolute atomic E-state index is 0.0447. The lowest BCUT2D eigenvalue weighted by Crippen LogP contribution is -1.87. The van der Waals surface area contributed by atoms with Crippen LogP contribution in [0.2, 0.25) is 0 Å². The molecule has 0 unspecified atom stereocenters. The van der Waals surface area contributed by atoms with Crippen molar-refractivity contribution in [2.75, 3.05) is 0 Å². The molecule has 1 heterocycles. The van der Waals surface area contributed by atoms with Crippen LogP contribution in [0, 0.1) is 0 Å². The van der Waals surface area contributed by atoms with Crippen LogP contribution in [0.4, 0.5) is 5.69 Å². The van der Waals surface area contributed by atoms with E-state index in [1.54, 1.807) is 17.6 Å². The van der Waals surface area contributed by atoms with Crippen LogP contribution in [0.1, 0.15) is 5.56 Å². The maximum absolute atomic E-state index is 10.2. The highest BCUT2D eigenvalue weighted by Gasteiger charge is 2.13. The molecule has 4 rings (SSSR count). The Balaban J connectivity index is 1.61. The average molecular weight is 504 g/mol. The van der Waals surface area contributed by atoms with Crippen molar-refractivity contribution in [1.82, 2.24) is 4.98 Å². The number of phenols is 2. The second-order valence-electron chi connectivity index (χ2n) is 5.75. The van der Waals surface area contributed by atoms with Crippen molar-refractivity contribution in [2.24, 2.45) is 4.99 Å². The topological polar surface area (TPSA) is 65.7 Å². The monoisotopic (exact) mass is 502 g/mol. The summed E-state index contributed by atoms with van der Waals surface area (Å²) in [5, 5.41) is 20.8. The van der Waals surface area contributed by atoms with Gasteiger partial charge in [0.05, 0.1) is 21.5 Å². The van der Waals surface area contributed by atoms with Gasteiger partial charge in [0.2, 0.25) is 0 Å². The third-order valence-electron chi connectivity index (χ3n) is 3.96. The molecule has 0 bridgehead atoms. The lowest BCUT2D eigenvalue weighted by molar-refractivity contribution is 0.443. The molecule has 3 aromatic carbocycles. The molecule has 134 valence electrons. The van der Waals surface area contributed by atoms with Crippen LogP contribution < -0.4 is 0 Å². The normalized spacial score (nSPS) is 11.5. The smallest absolute Gasteiger partial charge is 0.143 e. The SMILES string of the molecule is Oc1cc(Br)c(C=Nc2ccc(-c3nc4ccccc4s3)cc2)c(O)c1Br. The van der Waals surface area contributed by atoms with Gasteiger partial charge in [0.1, 0.15) is 21.0 Å². The highest BCUT2D eigenvalue weighted by molar-refractivity contribution is 9.11. The van der Waals surface area contributed by atoms with Gasteiger partial charge in [0, 0.05) is 16.3 Å². The van der Waals surface area contributed by atoms with E-state index < -0.39 is 0 Å². The zero-order chi connectivity index (χ0) is 19.0. The van der Waals surface area contributed by atoms with E-state index in [2.05, 4.69) is 47.9 Å². The molecule has 0 atom stereocenters. The highest BCUT2D eigenvalue weighted by Crippen LogP contribution is 2.39. The molecule has 4 nitrogen and oxygen atoms in total. The van der Waals surface area contributed by atoms with E-state index in [0.717, 1.165) is 26.5 Å². The summed E-state index contributed by atoms with van der Waals surface area (Å²) in [6.45, 7) is 0. The largest absolute Gasteiger partial charge is 0.507 e. The first-order valence-corrected chi connectivity index (χ1v) is 10.3. The van der Waals surface area contributed by atoms with Crippen LogP contribution >= 0.6 is 43.2 Å². The van der Waals surface area contributed by atoms with E-state index in [1.165, 1.54) is 6.07 Å². The Labute approximate surface area is 176 Å². The van der Waals surface area contributed by atoms with Crippen molar-refractivity contribution >= 4 is 65.3 Å². The van der Waals surface area contributed by atoms with E-state index in [-0.39, 0.29) is 16.0 Å². The van der Waals surface area contributed by atoms with Gasteiger partial charge in [-0.3, -0.25) is 4.99 Å². The minimum Gasteiger partial charge on any atom is -0.507 e. The molecule has 0 spiro atoms. The number of benzene rings is 3. The fraction of sp³-hybridized carbons (Fsp3) is 0. The van der Waals surface area contributed by atoms with Crippen molar-refractivity contribution in [3.63, 3.8) is 0 Å². The summed E-state index contributed by atoms with van der Waals surface area (Å²) in [5.74, 6) is -0.117. The van der Waals surface area contributed by atoms with Crippen LogP contribution in [0.5, 0.6) is 11.5 Å². The number of fused-ring (bicyclic) bond motifs is 1. The summed E-state index contributed by atoms with van der Waals surface area (Å²) in [6, 6.07) is 17.3. The Hall–Kier alpha value is -2.22. The third kappa shape index (κ3) is 3.63. The Morgan fingerprint density at radius 1 is 1.00 bits per heavy atom. The Bertz CT molecular complexity index is 1140. The number of aromatic hydroxyl groups is 2. The molecule has 0 aliphatic heterocycles. The van der Waals surface area contributed by atoms with E-state index in [4.69, 9.17) is 0 Å². The van der Waals surface area contributed by atoms with Gasteiger partial charge in [-0.25, -0.2) is 4.98 Å². The van der Waals surface area contributed by atoms with E-state index >= 15 is 0 Å². The summed E-state index contributed by atoms with van der Waals surface area (Å²) in [4.78, 5) is 9.07. The second-order valence-corrected chi connectivity index (χ2v) is 8.42. The molecule has 0 radical (unpaired) electrons. The van der Waals surface area contributed by atoms with Crippen LogP contribution in [0.15, 0.2) is 68.5 Å². The lowest BCUT2D eigenvalue weighted by atomic mass is 10.2. The first kappa shape index (κ1) is 18.2. The van der Waals surface area contributed by atoms with Gasteiger partial charge in [-0.05, 0) is 74.3 Å². The zero-order valence-corrected chi connectivity index (χ0v) is 17.7. The van der Waals surface area contributed by atoms with Gasteiger partial charge >= 0.3 is 0 Å². The van der Waals surface area contributed by atoms with Gasteiger partial charge < -0.3 is 10.2 Å². The first-order valence-electron chi connectivity index (χ1n) is 7.93. The van der Waals surface area contributed by atoms with E-state index in [9.17, 15) is 10.2 Å². The lowest BCUT2D eigenvalue weighted by Gasteiger charge is -2.06. The van der Waals surface area contributed by atoms with Crippen LogP contribution in [-0.2, 0) is 0 Å². The van der Waals surface area contributed by atoms with Crippen LogP contribution in [0.3, 0.4) is 0 Å². The number of nitrogens with zero attached hydrogens (tertiary/aromatic N) is 2. The summed E-state index contributed by atoms with van der Waals surface area (Å²) < 4.78 is 1.95. The molecule has 2 N–H and O–H groups in total. The fourth-order valence-corrected chi connectivity index (χ4v) is 4.37. The van der Waals surface area contributed by atoms with Crippen molar-refractivity contribution in [3.8, 4) is 22.1 Å². The average Bonchev–Trinajstić information content (AvgIpc) is 3.11. The molecule has 4 aromatic rings. The first-order chi connectivity index (χ1) is 13.0. The molecule has 0 saturated carbocycles. The predicted octanol–water partition coefficient (Wildman–Crippen LogP) is 6.65. The van der Waals surface area contributed by atoms with Gasteiger partial charge in [0.15, 0.2) is 0 Å². The molecule has 0 aliphatic carbocycles. The van der Waals surface area contributed by atoms with Crippen molar-refractivity contribution in [2.45, 2.75) is 0 Å². The maximum atomic E-state index is 10.2. The number of para-hydroxylation sites is 1. The molecule has 0 fully saturated rings. The maximum Gasteiger partial charge on any atom is 0.143 e. The van der Waals surface area contributed by atoms with Gasteiger partial charge in [-0.2, -0.15) is 0 Å². The van der Waals surface area contributed by atoms with Crippen molar-refractivity contribution in [3.05, 3.63) is 69.1 Å². The van der Waals surface area contributed by atoms with Crippen molar-refractivity contribution in [1.29, 1.82) is 0 Å². The number of aromatic nitrogens is 1. The molecular formula is C20H12Br2N2O2S. The quantitative estimate of drug-likeness (QED) is 0.307. The Kier molecular flexibility index (Phi) is 4.99. The molecule has 0 saturated heterocycles. The number of halogens is 2. The summed E-state index contributed by atoms with van der Waals surface area (Å²) in [6.07, 6.45) is 1.55. The molecule has 7 heteroatoms. The summed E-state index contributed by atoms with van der Waals surface area (Å²) in [7, 11) is 0. The Morgan fingerprint density at radius 2 is 1.74 bits per heavy atom. The second kappa shape index (κ2) is 7.42. The molecule has 1 aromatic heterocycles. The summed E-state index contributed by atoms with van der Waals surface area (Å²) in [5.41, 5.74) is 3.26. The van der Waals surface area contributed by atoms with Gasteiger partial charge in [-0.1, -0.05) is 12.1 Å². The Morgan fingerprint density at radius 3 is 2.48 bits per heavy atom. The van der Waals surface area contributed by atoms with Gasteiger partial charge in [0.25, 0.3) is 0 Å². The van der Waals surface area contributed by atoms with Gasteiger partial charge in [-0.15, -0.1) is 11.3 Å².